The molecule has 5 heteroatoms. The molecule has 0 bridgehead atoms. The number of hydrogen-bond acceptors (Lipinski definition) is 4. The standard InChI is InChI=1S/C11H18ClN3O/c1-11(16,8-15(2)3)7-13-10-6-4-5-9(12)14-10/h4-6,16H,7-8H2,1-3H3,(H,13,14). The molecule has 0 fully saturated rings. The van der Waals surface area contributed by atoms with Gasteiger partial charge in [0.15, 0.2) is 0 Å². The van der Waals surface area contributed by atoms with E-state index in [1.807, 2.05) is 31.1 Å². The summed E-state index contributed by atoms with van der Waals surface area (Å²) >= 11 is 5.76. The summed E-state index contributed by atoms with van der Waals surface area (Å²) in [5.41, 5.74) is -0.798. The lowest BCUT2D eigenvalue weighted by atomic mass is 10.1. The zero-order valence-electron chi connectivity index (χ0n) is 9.87. The SMILES string of the molecule is CN(C)CC(C)(O)CNc1cccc(Cl)n1. The van der Waals surface area contributed by atoms with Crippen molar-refractivity contribution in [2.75, 3.05) is 32.5 Å². The van der Waals surface area contributed by atoms with Crippen molar-refractivity contribution in [1.29, 1.82) is 0 Å². The lowest BCUT2D eigenvalue weighted by Crippen LogP contribution is -2.43. The molecule has 0 aromatic carbocycles. The van der Waals surface area contributed by atoms with Crippen LogP contribution in [0.3, 0.4) is 0 Å². The lowest BCUT2D eigenvalue weighted by Gasteiger charge is -2.27. The zero-order valence-corrected chi connectivity index (χ0v) is 10.6. The van der Waals surface area contributed by atoms with E-state index in [4.69, 9.17) is 11.6 Å². The number of halogens is 1. The van der Waals surface area contributed by atoms with Crippen molar-refractivity contribution in [2.45, 2.75) is 12.5 Å². The van der Waals surface area contributed by atoms with E-state index in [1.54, 1.807) is 13.0 Å². The minimum absolute atomic E-state index is 0.429. The first-order valence-corrected chi connectivity index (χ1v) is 5.50. The Balaban J connectivity index is 2.50. The van der Waals surface area contributed by atoms with Gasteiger partial charge in [-0.1, -0.05) is 17.7 Å². The van der Waals surface area contributed by atoms with E-state index >= 15 is 0 Å². The van der Waals surface area contributed by atoms with Gasteiger partial charge in [0.25, 0.3) is 0 Å². The Bertz CT molecular complexity index is 342. The number of likely N-dealkylation sites (N-methyl/N-ethyl adjacent to an activating group) is 1. The van der Waals surface area contributed by atoms with Gasteiger partial charge in [-0.2, -0.15) is 0 Å². The third kappa shape index (κ3) is 4.79. The average Bonchev–Trinajstić information content (AvgIpc) is 2.13. The highest BCUT2D eigenvalue weighted by atomic mass is 35.5. The summed E-state index contributed by atoms with van der Waals surface area (Å²) in [5.74, 6) is 0.673. The number of rotatable bonds is 5. The lowest BCUT2D eigenvalue weighted by molar-refractivity contribution is 0.0459. The van der Waals surface area contributed by atoms with Gasteiger partial charge in [0.2, 0.25) is 0 Å². The van der Waals surface area contributed by atoms with Gasteiger partial charge in [0.1, 0.15) is 11.0 Å². The average molecular weight is 244 g/mol. The van der Waals surface area contributed by atoms with Crippen LogP contribution in [-0.2, 0) is 0 Å². The van der Waals surface area contributed by atoms with Gasteiger partial charge in [0, 0.05) is 13.1 Å². The van der Waals surface area contributed by atoms with Crippen LogP contribution in [0.4, 0.5) is 5.82 Å². The molecule has 1 unspecified atom stereocenters. The molecule has 1 aromatic rings. The molecule has 1 rings (SSSR count). The molecule has 90 valence electrons. The molecule has 0 aliphatic rings. The van der Waals surface area contributed by atoms with Gasteiger partial charge >= 0.3 is 0 Å². The van der Waals surface area contributed by atoms with Gasteiger partial charge in [-0.3, -0.25) is 0 Å². The summed E-state index contributed by atoms with van der Waals surface area (Å²) in [6.07, 6.45) is 0. The minimum Gasteiger partial charge on any atom is -0.387 e. The Morgan fingerprint density at radius 3 is 2.75 bits per heavy atom. The molecule has 1 aromatic heterocycles. The van der Waals surface area contributed by atoms with E-state index in [-0.39, 0.29) is 0 Å². The molecule has 16 heavy (non-hydrogen) atoms. The number of nitrogens with one attached hydrogen (secondary N) is 1. The van der Waals surface area contributed by atoms with Gasteiger partial charge in [0.05, 0.1) is 5.60 Å². The van der Waals surface area contributed by atoms with Crippen LogP contribution in [-0.4, -0.2) is 47.8 Å². The van der Waals surface area contributed by atoms with Crippen LogP contribution >= 0.6 is 11.6 Å². The number of pyridine rings is 1. The fourth-order valence-corrected chi connectivity index (χ4v) is 1.69. The molecule has 0 radical (unpaired) electrons. The quantitative estimate of drug-likeness (QED) is 0.769. The summed E-state index contributed by atoms with van der Waals surface area (Å²) in [5, 5.41) is 13.6. The smallest absolute Gasteiger partial charge is 0.131 e. The fraction of sp³-hybridized carbons (Fsp3) is 0.545. The summed E-state index contributed by atoms with van der Waals surface area (Å²) in [6, 6.07) is 5.35. The van der Waals surface area contributed by atoms with Crippen LogP contribution in [0.1, 0.15) is 6.92 Å². The molecule has 2 N–H and O–H groups in total. The van der Waals surface area contributed by atoms with Crippen molar-refractivity contribution in [1.82, 2.24) is 9.88 Å². The first kappa shape index (κ1) is 13.2. The molecular formula is C11H18ClN3O. The van der Waals surface area contributed by atoms with Crippen molar-refractivity contribution in [3.05, 3.63) is 23.4 Å². The molecule has 0 spiro atoms. The van der Waals surface area contributed by atoms with Crippen LogP contribution in [0, 0.1) is 0 Å². The van der Waals surface area contributed by atoms with Crippen LogP contribution in [0.25, 0.3) is 0 Å². The number of hydrogen-bond donors (Lipinski definition) is 2. The maximum atomic E-state index is 10.1. The molecule has 4 nitrogen and oxygen atoms in total. The molecule has 0 saturated heterocycles. The van der Waals surface area contributed by atoms with Gasteiger partial charge < -0.3 is 15.3 Å². The van der Waals surface area contributed by atoms with Crippen LogP contribution in [0.15, 0.2) is 18.2 Å². The second kappa shape index (κ2) is 5.48. The van der Waals surface area contributed by atoms with Crippen LogP contribution in [0.2, 0.25) is 5.15 Å². The van der Waals surface area contributed by atoms with Crippen molar-refractivity contribution in [2.24, 2.45) is 0 Å². The van der Waals surface area contributed by atoms with Crippen molar-refractivity contribution in [3.63, 3.8) is 0 Å². The maximum Gasteiger partial charge on any atom is 0.131 e. The van der Waals surface area contributed by atoms with Crippen LogP contribution in [0.5, 0.6) is 0 Å². The Labute approximate surface area is 101 Å². The molecule has 0 saturated carbocycles. The first-order valence-electron chi connectivity index (χ1n) is 5.13. The van der Waals surface area contributed by atoms with Gasteiger partial charge in [-0.15, -0.1) is 0 Å². The van der Waals surface area contributed by atoms with Gasteiger partial charge in [-0.05, 0) is 33.2 Å². The second-order valence-corrected chi connectivity index (χ2v) is 4.82. The Kier molecular flexibility index (Phi) is 4.53. The largest absolute Gasteiger partial charge is 0.387 e. The number of aromatic nitrogens is 1. The predicted molar refractivity (Wildman–Crippen MR) is 66.9 cm³/mol. The monoisotopic (exact) mass is 243 g/mol. The number of anilines is 1. The van der Waals surface area contributed by atoms with E-state index in [0.717, 1.165) is 0 Å². The predicted octanol–water partition coefficient (Wildman–Crippen LogP) is 1.46. The normalized spacial score (nSPS) is 14.9. The first-order chi connectivity index (χ1) is 7.39. The van der Waals surface area contributed by atoms with E-state index in [9.17, 15) is 5.11 Å². The molecule has 1 atom stereocenters. The molecule has 1 heterocycles. The Hall–Kier alpha value is -0.840. The van der Waals surface area contributed by atoms with Crippen molar-refractivity contribution >= 4 is 17.4 Å². The molecular weight excluding hydrogens is 226 g/mol. The highest BCUT2D eigenvalue weighted by Gasteiger charge is 2.20. The van der Waals surface area contributed by atoms with Gasteiger partial charge in [-0.25, -0.2) is 4.98 Å². The van der Waals surface area contributed by atoms with Crippen molar-refractivity contribution in [3.8, 4) is 0 Å². The second-order valence-electron chi connectivity index (χ2n) is 4.43. The van der Waals surface area contributed by atoms with E-state index in [1.165, 1.54) is 0 Å². The summed E-state index contributed by atoms with van der Waals surface area (Å²) in [7, 11) is 3.85. The Morgan fingerprint density at radius 1 is 1.50 bits per heavy atom. The van der Waals surface area contributed by atoms with E-state index in [0.29, 0.717) is 24.1 Å². The number of aliphatic hydroxyl groups is 1. The third-order valence-corrected chi connectivity index (χ3v) is 2.23. The maximum absolute atomic E-state index is 10.1. The Morgan fingerprint density at radius 2 is 2.19 bits per heavy atom. The zero-order chi connectivity index (χ0) is 12.2. The summed E-state index contributed by atoms with van der Waals surface area (Å²) in [6.45, 7) is 2.80. The molecule has 0 aliphatic carbocycles. The minimum atomic E-state index is -0.798. The van der Waals surface area contributed by atoms with E-state index < -0.39 is 5.60 Å². The topological polar surface area (TPSA) is 48.4 Å². The highest BCUT2D eigenvalue weighted by molar-refractivity contribution is 6.29. The highest BCUT2D eigenvalue weighted by Crippen LogP contribution is 2.11. The molecule has 0 amide bonds. The number of nitrogens with zero attached hydrogens (tertiary/aromatic N) is 2. The third-order valence-electron chi connectivity index (χ3n) is 2.02. The fourth-order valence-electron chi connectivity index (χ4n) is 1.52. The van der Waals surface area contributed by atoms with Crippen molar-refractivity contribution < 1.29 is 5.11 Å². The summed E-state index contributed by atoms with van der Waals surface area (Å²) < 4.78 is 0. The summed E-state index contributed by atoms with van der Waals surface area (Å²) in [4.78, 5) is 6.02. The van der Waals surface area contributed by atoms with Crippen LogP contribution < -0.4 is 5.32 Å². The molecule has 0 aliphatic heterocycles. The van der Waals surface area contributed by atoms with E-state index in [2.05, 4.69) is 10.3 Å².